The molecule has 8 heteroatoms. The zero-order valence-corrected chi connectivity index (χ0v) is 16.4. The standard InChI is InChI=1S/C21H13Cl2N3O3/c22-14-6-13(11-24)7-17(8-14)29-21-10-16(3-4-18(21)23)28-12-15-9-19(26-25-15)20-2-1-5-27-20/h1-10H,12H2,(H,25,26). The van der Waals surface area contributed by atoms with Crippen LogP contribution in [-0.2, 0) is 6.61 Å². The summed E-state index contributed by atoms with van der Waals surface area (Å²) in [4.78, 5) is 0. The van der Waals surface area contributed by atoms with E-state index in [9.17, 15) is 0 Å². The van der Waals surface area contributed by atoms with E-state index in [2.05, 4.69) is 10.2 Å². The van der Waals surface area contributed by atoms with Crippen LogP contribution in [0.15, 0.2) is 65.3 Å². The monoisotopic (exact) mass is 425 g/mol. The Bertz CT molecular complexity index is 1180. The first-order chi connectivity index (χ1) is 14.1. The van der Waals surface area contributed by atoms with Gasteiger partial charge in [0.15, 0.2) is 5.76 Å². The van der Waals surface area contributed by atoms with E-state index in [1.807, 2.05) is 18.2 Å². The Labute approximate surface area is 176 Å². The molecule has 0 radical (unpaired) electrons. The second kappa shape index (κ2) is 8.31. The highest BCUT2D eigenvalue weighted by Crippen LogP contribution is 2.34. The summed E-state index contributed by atoms with van der Waals surface area (Å²) in [6.45, 7) is 0.268. The van der Waals surface area contributed by atoms with E-state index in [1.165, 1.54) is 0 Å². The van der Waals surface area contributed by atoms with Gasteiger partial charge in [0.25, 0.3) is 0 Å². The maximum Gasteiger partial charge on any atom is 0.154 e. The number of nitrogens with zero attached hydrogens (tertiary/aromatic N) is 2. The van der Waals surface area contributed by atoms with Crippen molar-refractivity contribution in [2.45, 2.75) is 6.61 Å². The predicted octanol–water partition coefficient (Wildman–Crippen LogP) is 6.22. The Balaban J connectivity index is 1.47. The number of nitriles is 1. The molecule has 1 N–H and O–H groups in total. The summed E-state index contributed by atoms with van der Waals surface area (Å²) in [6, 6.07) is 17.3. The van der Waals surface area contributed by atoms with E-state index < -0.39 is 0 Å². The molecular weight excluding hydrogens is 413 g/mol. The summed E-state index contributed by atoms with van der Waals surface area (Å²) >= 11 is 12.2. The van der Waals surface area contributed by atoms with E-state index in [0.717, 1.165) is 5.69 Å². The number of nitrogens with one attached hydrogen (secondary N) is 1. The topological polar surface area (TPSA) is 84.1 Å². The van der Waals surface area contributed by atoms with Crippen LogP contribution in [-0.4, -0.2) is 10.2 Å². The van der Waals surface area contributed by atoms with Crippen LogP contribution < -0.4 is 9.47 Å². The molecule has 2 aromatic carbocycles. The molecule has 2 heterocycles. The van der Waals surface area contributed by atoms with E-state index in [0.29, 0.717) is 44.3 Å². The molecule has 2 aromatic heterocycles. The molecule has 29 heavy (non-hydrogen) atoms. The summed E-state index contributed by atoms with van der Waals surface area (Å²) in [5, 5.41) is 17.0. The Kier molecular flexibility index (Phi) is 5.43. The molecule has 4 rings (SSSR count). The van der Waals surface area contributed by atoms with Gasteiger partial charge in [-0.2, -0.15) is 10.4 Å². The fourth-order valence-corrected chi connectivity index (χ4v) is 2.99. The molecule has 0 atom stereocenters. The second-order valence-electron chi connectivity index (χ2n) is 6.03. The lowest BCUT2D eigenvalue weighted by Crippen LogP contribution is -1.96. The lowest BCUT2D eigenvalue weighted by molar-refractivity contribution is 0.299. The Morgan fingerprint density at radius 1 is 1.07 bits per heavy atom. The molecule has 0 unspecified atom stereocenters. The van der Waals surface area contributed by atoms with E-state index >= 15 is 0 Å². The molecule has 0 bridgehead atoms. The maximum absolute atomic E-state index is 9.07. The molecule has 0 spiro atoms. The Morgan fingerprint density at radius 2 is 1.97 bits per heavy atom. The average Bonchev–Trinajstić information content (AvgIpc) is 3.40. The number of H-pyrrole nitrogens is 1. The third kappa shape index (κ3) is 4.54. The van der Waals surface area contributed by atoms with Crippen molar-refractivity contribution in [3.05, 3.63) is 82.2 Å². The molecule has 144 valence electrons. The summed E-state index contributed by atoms with van der Waals surface area (Å²) in [6.07, 6.45) is 1.59. The van der Waals surface area contributed by atoms with Gasteiger partial charge in [0.05, 0.1) is 28.6 Å². The first kappa shape index (κ1) is 18.9. The zero-order valence-electron chi connectivity index (χ0n) is 14.9. The van der Waals surface area contributed by atoms with Crippen molar-refractivity contribution in [3.63, 3.8) is 0 Å². The summed E-state index contributed by atoms with van der Waals surface area (Å²) in [5.41, 5.74) is 1.87. The molecule has 0 aliphatic heterocycles. The first-order valence-corrected chi connectivity index (χ1v) is 9.25. The van der Waals surface area contributed by atoms with Gasteiger partial charge >= 0.3 is 0 Å². The van der Waals surface area contributed by atoms with Gasteiger partial charge in [0.1, 0.15) is 29.5 Å². The van der Waals surface area contributed by atoms with Gasteiger partial charge in [-0.05, 0) is 48.5 Å². The number of hydrogen-bond acceptors (Lipinski definition) is 5. The fourth-order valence-electron chi connectivity index (χ4n) is 2.61. The Morgan fingerprint density at radius 3 is 2.76 bits per heavy atom. The van der Waals surface area contributed by atoms with E-state index in [4.69, 9.17) is 42.4 Å². The Hall–Kier alpha value is -3.40. The first-order valence-electron chi connectivity index (χ1n) is 8.50. The molecule has 0 saturated carbocycles. The van der Waals surface area contributed by atoms with Gasteiger partial charge < -0.3 is 13.9 Å². The van der Waals surface area contributed by atoms with Crippen LogP contribution in [0.25, 0.3) is 11.5 Å². The lowest BCUT2D eigenvalue weighted by Gasteiger charge is -2.11. The van der Waals surface area contributed by atoms with Crippen molar-refractivity contribution < 1.29 is 13.9 Å². The maximum atomic E-state index is 9.07. The molecule has 0 aliphatic rings. The van der Waals surface area contributed by atoms with E-state index in [1.54, 1.807) is 48.7 Å². The highest BCUT2D eigenvalue weighted by atomic mass is 35.5. The highest BCUT2D eigenvalue weighted by Gasteiger charge is 2.10. The lowest BCUT2D eigenvalue weighted by atomic mass is 10.2. The smallest absolute Gasteiger partial charge is 0.154 e. The zero-order chi connectivity index (χ0) is 20.2. The molecule has 0 amide bonds. The summed E-state index contributed by atoms with van der Waals surface area (Å²) in [7, 11) is 0. The number of hydrogen-bond donors (Lipinski definition) is 1. The third-order valence-electron chi connectivity index (χ3n) is 3.93. The largest absolute Gasteiger partial charge is 0.487 e. The van der Waals surface area contributed by atoms with Crippen LogP contribution in [0.2, 0.25) is 10.0 Å². The normalized spacial score (nSPS) is 10.5. The highest BCUT2D eigenvalue weighted by molar-refractivity contribution is 6.32. The number of benzene rings is 2. The van der Waals surface area contributed by atoms with Crippen molar-refractivity contribution in [2.24, 2.45) is 0 Å². The van der Waals surface area contributed by atoms with Gasteiger partial charge in [-0.3, -0.25) is 5.10 Å². The minimum atomic E-state index is 0.268. The molecule has 0 fully saturated rings. The summed E-state index contributed by atoms with van der Waals surface area (Å²) < 4.78 is 16.9. The van der Waals surface area contributed by atoms with Crippen LogP contribution >= 0.6 is 23.2 Å². The number of ether oxygens (including phenoxy) is 2. The minimum absolute atomic E-state index is 0.268. The minimum Gasteiger partial charge on any atom is -0.487 e. The third-order valence-corrected chi connectivity index (χ3v) is 4.46. The average molecular weight is 426 g/mol. The number of aromatic nitrogens is 2. The summed E-state index contributed by atoms with van der Waals surface area (Å²) in [5.74, 6) is 2.02. The van der Waals surface area contributed by atoms with Crippen molar-refractivity contribution in [1.29, 1.82) is 5.26 Å². The molecule has 0 saturated heterocycles. The number of aromatic amines is 1. The predicted molar refractivity (Wildman–Crippen MR) is 108 cm³/mol. The van der Waals surface area contributed by atoms with Crippen LogP contribution in [0, 0.1) is 11.3 Å². The fraction of sp³-hybridized carbons (Fsp3) is 0.0476. The van der Waals surface area contributed by atoms with Gasteiger partial charge in [0.2, 0.25) is 0 Å². The van der Waals surface area contributed by atoms with Crippen LogP contribution in [0.4, 0.5) is 0 Å². The molecular formula is C21H13Cl2N3O3. The number of halogens is 2. The number of furan rings is 1. The van der Waals surface area contributed by atoms with Crippen LogP contribution in [0.3, 0.4) is 0 Å². The van der Waals surface area contributed by atoms with Gasteiger partial charge in [-0.15, -0.1) is 0 Å². The quantitative estimate of drug-likeness (QED) is 0.396. The van der Waals surface area contributed by atoms with E-state index in [-0.39, 0.29) is 6.61 Å². The molecule has 6 nitrogen and oxygen atoms in total. The SMILES string of the molecule is N#Cc1cc(Cl)cc(Oc2cc(OCc3cc(-c4ccco4)n[nH]3)ccc2Cl)c1. The van der Waals surface area contributed by atoms with Gasteiger partial charge in [-0.25, -0.2) is 0 Å². The molecule has 4 aromatic rings. The van der Waals surface area contributed by atoms with Crippen molar-refractivity contribution >= 4 is 23.2 Å². The van der Waals surface area contributed by atoms with Gasteiger partial charge in [0, 0.05) is 11.1 Å². The van der Waals surface area contributed by atoms with Crippen molar-refractivity contribution in [2.75, 3.05) is 0 Å². The van der Waals surface area contributed by atoms with Crippen molar-refractivity contribution in [1.82, 2.24) is 10.2 Å². The van der Waals surface area contributed by atoms with Crippen LogP contribution in [0.1, 0.15) is 11.3 Å². The van der Waals surface area contributed by atoms with Crippen LogP contribution in [0.5, 0.6) is 17.2 Å². The number of rotatable bonds is 6. The van der Waals surface area contributed by atoms with Crippen molar-refractivity contribution in [3.8, 4) is 34.8 Å². The van der Waals surface area contributed by atoms with Gasteiger partial charge in [-0.1, -0.05) is 23.2 Å². The second-order valence-corrected chi connectivity index (χ2v) is 6.87. The molecule has 0 aliphatic carbocycles.